The zero-order valence-electron chi connectivity index (χ0n) is 10.2. The maximum Gasteiger partial charge on any atom is 0.358 e. The van der Waals surface area contributed by atoms with Crippen molar-refractivity contribution in [1.29, 1.82) is 0 Å². The summed E-state index contributed by atoms with van der Waals surface area (Å²) in [5.74, 6) is -0.498. The fourth-order valence-corrected chi connectivity index (χ4v) is 1.57. The third-order valence-corrected chi connectivity index (χ3v) is 2.50. The highest BCUT2D eigenvalue weighted by Gasteiger charge is 2.18. The first-order chi connectivity index (χ1) is 9.06. The van der Waals surface area contributed by atoms with Crippen LogP contribution in [0.1, 0.15) is 10.5 Å². The number of aromatic nitrogens is 1. The van der Waals surface area contributed by atoms with E-state index >= 15 is 0 Å². The maximum atomic E-state index is 10.7. The van der Waals surface area contributed by atoms with Crippen LogP contribution in [-0.4, -0.2) is 35.6 Å². The number of benzene rings is 1. The molecular formula is C12H11NO6. The van der Waals surface area contributed by atoms with Crippen molar-refractivity contribution in [2.45, 2.75) is 0 Å². The van der Waals surface area contributed by atoms with Crippen molar-refractivity contribution in [1.82, 2.24) is 5.16 Å². The summed E-state index contributed by atoms with van der Waals surface area (Å²) < 4.78 is 15.0. The Hall–Kier alpha value is -2.70. The van der Waals surface area contributed by atoms with E-state index in [9.17, 15) is 9.90 Å². The Morgan fingerprint density at radius 1 is 1.21 bits per heavy atom. The minimum atomic E-state index is -1.21. The van der Waals surface area contributed by atoms with Crippen LogP contribution in [0.4, 0.5) is 0 Å². The second-order valence-electron chi connectivity index (χ2n) is 3.61. The second kappa shape index (κ2) is 4.89. The Labute approximate surface area is 108 Å². The number of nitrogens with zero attached hydrogens (tertiary/aromatic N) is 1. The SMILES string of the molecule is COc1cc(O)c(-c2cc(C(=O)O)no2)cc1OC. The third kappa shape index (κ3) is 2.30. The highest BCUT2D eigenvalue weighted by molar-refractivity contribution is 5.87. The summed E-state index contributed by atoms with van der Waals surface area (Å²) in [7, 11) is 2.88. The number of carboxylic acid groups (broad SMARTS) is 1. The summed E-state index contributed by atoms with van der Waals surface area (Å²) in [6.45, 7) is 0. The zero-order valence-corrected chi connectivity index (χ0v) is 10.2. The molecule has 0 aliphatic rings. The molecule has 0 radical (unpaired) electrons. The predicted molar refractivity (Wildman–Crippen MR) is 63.7 cm³/mol. The molecular weight excluding hydrogens is 254 g/mol. The Balaban J connectivity index is 2.51. The maximum absolute atomic E-state index is 10.7. The van der Waals surface area contributed by atoms with E-state index in [1.807, 2.05) is 0 Å². The first kappa shape index (κ1) is 12.7. The number of hydrogen-bond donors (Lipinski definition) is 2. The van der Waals surface area contributed by atoms with Crippen LogP contribution >= 0.6 is 0 Å². The Bertz CT molecular complexity index is 619. The van der Waals surface area contributed by atoms with E-state index in [1.165, 1.54) is 32.4 Å². The molecule has 0 atom stereocenters. The van der Waals surface area contributed by atoms with Crippen molar-refractivity contribution in [3.05, 3.63) is 23.9 Å². The van der Waals surface area contributed by atoms with E-state index in [-0.39, 0.29) is 22.8 Å². The molecule has 2 N–H and O–H groups in total. The van der Waals surface area contributed by atoms with Gasteiger partial charge in [0.15, 0.2) is 23.0 Å². The van der Waals surface area contributed by atoms with Gasteiger partial charge in [-0.1, -0.05) is 5.16 Å². The highest BCUT2D eigenvalue weighted by Crippen LogP contribution is 2.39. The van der Waals surface area contributed by atoms with Crippen molar-refractivity contribution in [2.75, 3.05) is 14.2 Å². The number of rotatable bonds is 4. The highest BCUT2D eigenvalue weighted by atomic mass is 16.5. The van der Waals surface area contributed by atoms with E-state index in [0.717, 1.165) is 0 Å². The molecule has 0 unspecified atom stereocenters. The molecule has 0 saturated heterocycles. The first-order valence-corrected chi connectivity index (χ1v) is 5.22. The van der Waals surface area contributed by atoms with Crippen LogP contribution in [0.2, 0.25) is 0 Å². The van der Waals surface area contributed by atoms with Gasteiger partial charge in [0.05, 0.1) is 19.8 Å². The number of aromatic carboxylic acids is 1. The molecule has 0 fully saturated rings. The van der Waals surface area contributed by atoms with Gasteiger partial charge in [-0.3, -0.25) is 0 Å². The van der Waals surface area contributed by atoms with Crippen molar-refractivity contribution >= 4 is 5.97 Å². The lowest BCUT2D eigenvalue weighted by Gasteiger charge is -2.09. The number of carbonyl (C=O) groups is 1. The lowest BCUT2D eigenvalue weighted by Crippen LogP contribution is -1.94. The molecule has 1 aromatic heterocycles. The largest absolute Gasteiger partial charge is 0.507 e. The fourth-order valence-electron chi connectivity index (χ4n) is 1.57. The molecule has 100 valence electrons. The lowest BCUT2D eigenvalue weighted by molar-refractivity contribution is 0.0686. The molecule has 0 spiro atoms. The molecule has 0 bridgehead atoms. The van der Waals surface area contributed by atoms with Crippen LogP contribution in [0, 0.1) is 0 Å². The van der Waals surface area contributed by atoms with Gasteiger partial charge in [-0.25, -0.2) is 4.79 Å². The van der Waals surface area contributed by atoms with Gasteiger partial charge in [-0.05, 0) is 6.07 Å². The summed E-state index contributed by atoms with van der Waals surface area (Å²) in [6, 6.07) is 4.03. The van der Waals surface area contributed by atoms with Gasteiger partial charge in [0.1, 0.15) is 5.75 Å². The lowest BCUT2D eigenvalue weighted by atomic mass is 10.1. The molecule has 7 heteroatoms. The van der Waals surface area contributed by atoms with Crippen LogP contribution in [0.5, 0.6) is 17.2 Å². The summed E-state index contributed by atoms with van der Waals surface area (Å²) in [5, 5.41) is 22.0. The number of phenolic OH excluding ortho intramolecular Hbond substituents is 1. The van der Waals surface area contributed by atoms with E-state index in [1.54, 1.807) is 0 Å². The molecule has 0 saturated carbocycles. The summed E-state index contributed by atoms with van der Waals surface area (Å²) in [6.07, 6.45) is 0. The number of ether oxygens (including phenoxy) is 2. The van der Waals surface area contributed by atoms with Crippen LogP contribution < -0.4 is 9.47 Å². The van der Waals surface area contributed by atoms with Crippen LogP contribution in [0.25, 0.3) is 11.3 Å². The Morgan fingerprint density at radius 3 is 2.37 bits per heavy atom. The minimum Gasteiger partial charge on any atom is -0.507 e. The number of carboxylic acids is 1. The van der Waals surface area contributed by atoms with Crippen LogP contribution in [0.15, 0.2) is 22.7 Å². The smallest absolute Gasteiger partial charge is 0.358 e. The zero-order chi connectivity index (χ0) is 14.0. The average molecular weight is 265 g/mol. The molecule has 7 nitrogen and oxygen atoms in total. The third-order valence-electron chi connectivity index (χ3n) is 2.50. The van der Waals surface area contributed by atoms with Gasteiger partial charge < -0.3 is 24.2 Å². The quantitative estimate of drug-likeness (QED) is 0.868. The Kier molecular flexibility index (Phi) is 3.28. The minimum absolute atomic E-state index is 0.121. The molecule has 1 aromatic carbocycles. The fraction of sp³-hybridized carbons (Fsp3) is 0.167. The van der Waals surface area contributed by atoms with Crippen molar-refractivity contribution in [3.63, 3.8) is 0 Å². The standard InChI is InChI=1S/C12H11NO6/c1-17-10-3-6(8(14)5-11(10)18-2)9-4-7(12(15)16)13-19-9/h3-5,14H,1-2H3,(H,15,16). The number of methoxy groups -OCH3 is 2. The monoisotopic (exact) mass is 265 g/mol. The second-order valence-corrected chi connectivity index (χ2v) is 3.61. The van der Waals surface area contributed by atoms with E-state index < -0.39 is 5.97 Å². The predicted octanol–water partition coefficient (Wildman–Crippen LogP) is 1.76. The molecule has 2 rings (SSSR count). The summed E-state index contributed by atoms with van der Waals surface area (Å²) in [4.78, 5) is 10.7. The molecule has 1 heterocycles. The summed E-state index contributed by atoms with van der Waals surface area (Å²) >= 11 is 0. The molecule has 0 amide bonds. The van der Waals surface area contributed by atoms with Gasteiger partial charge in [0.25, 0.3) is 0 Å². The van der Waals surface area contributed by atoms with E-state index in [4.69, 9.17) is 19.1 Å². The van der Waals surface area contributed by atoms with Crippen molar-refractivity contribution in [2.24, 2.45) is 0 Å². The normalized spacial score (nSPS) is 10.2. The van der Waals surface area contributed by atoms with Gasteiger partial charge >= 0.3 is 5.97 Å². The Morgan fingerprint density at radius 2 is 1.84 bits per heavy atom. The van der Waals surface area contributed by atoms with E-state index in [0.29, 0.717) is 11.5 Å². The first-order valence-electron chi connectivity index (χ1n) is 5.22. The molecule has 0 aliphatic carbocycles. The molecule has 2 aromatic rings. The summed E-state index contributed by atoms with van der Waals surface area (Å²) in [5.41, 5.74) is 0.0156. The van der Waals surface area contributed by atoms with Crippen molar-refractivity contribution < 1.29 is 29.0 Å². The van der Waals surface area contributed by atoms with Crippen LogP contribution in [-0.2, 0) is 0 Å². The molecule has 0 aliphatic heterocycles. The number of hydrogen-bond acceptors (Lipinski definition) is 6. The van der Waals surface area contributed by atoms with Gasteiger partial charge in [-0.15, -0.1) is 0 Å². The number of aromatic hydroxyl groups is 1. The van der Waals surface area contributed by atoms with Crippen molar-refractivity contribution in [3.8, 4) is 28.6 Å². The van der Waals surface area contributed by atoms with E-state index in [2.05, 4.69) is 5.16 Å². The van der Waals surface area contributed by atoms with Gasteiger partial charge in [0, 0.05) is 12.1 Å². The van der Waals surface area contributed by atoms with Gasteiger partial charge in [0.2, 0.25) is 0 Å². The molecule has 19 heavy (non-hydrogen) atoms. The average Bonchev–Trinajstić information content (AvgIpc) is 2.87. The van der Waals surface area contributed by atoms with Crippen LogP contribution in [0.3, 0.4) is 0 Å². The topological polar surface area (TPSA) is 102 Å². The number of phenols is 1. The van der Waals surface area contributed by atoms with Gasteiger partial charge in [-0.2, -0.15) is 0 Å².